The molecule has 0 aliphatic carbocycles. The lowest BCUT2D eigenvalue weighted by atomic mass is 9.89. The van der Waals surface area contributed by atoms with Gasteiger partial charge in [-0.2, -0.15) is 0 Å². The van der Waals surface area contributed by atoms with Crippen LogP contribution in [0.15, 0.2) is 30.9 Å². The standard InChI is InChI=1S/C14H19N7O2/c1-9-7-20(12-2-3-16-6-10(12)15)8-11(18-14(22)23)13(9)21-5-4-17-19-21/h2-6,9,11,13,18H,7-8,15H2,1H3,(H,22,23)/t9-,11+,13-/m0/s1. The molecular formula is C14H19N7O2. The van der Waals surface area contributed by atoms with E-state index in [1.54, 1.807) is 29.5 Å². The number of carbonyl (C=O) groups is 1. The summed E-state index contributed by atoms with van der Waals surface area (Å²) in [7, 11) is 0. The number of amides is 1. The van der Waals surface area contributed by atoms with Crippen molar-refractivity contribution < 1.29 is 9.90 Å². The molecule has 0 radical (unpaired) electrons. The monoisotopic (exact) mass is 317 g/mol. The molecule has 0 spiro atoms. The van der Waals surface area contributed by atoms with Gasteiger partial charge in [-0.25, -0.2) is 9.48 Å². The van der Waals surface area contributed by atoms with Crippen molar-refractivity contribution >= 4 is 17.5 Å². The van der Waals surface area contributed by atoms with Crippen LogP contribution in [-0.2, 0) is 0 Å². The number of hydrogen-bond acceptors (Lipinski definition) is 6. The number of nitrogen functional groups attached to an aromatic ring is 1. The normalized spacial score (nSPS) is 24.4. The molecule has 1 aliphatic heterocycles. The number of nitrogens with two attached hydrogens (primary N) is 1. The third kappa shape index (κ3) is 3.03. The maximum Gasteiger partial charge on any atom is 0.405 e. The van der Waals surface area contributed by atoms with Gasteiger partial charge in [-0.15, -0.1) is 5.10 Å². The van der Waals surface area contributed by atoms with Gasteiger partial charge in [0.15, 0.2) is 0 Å². The molecule has 9 nitrogen and oxygen atoms in total. The molecule has 1 amide bonds. The Morgan fingerprint density at radius 1 is 1.43 bits per heavy atom. The van der Waals surface area contributed by atoms with Gasteiger partial charge in [0.25, 0.3) is 0 Å². The summed E-state index contributed by atoms with van der Waals surface area (Å²) < 4.78 is 1.72. The molecule has 23 heavy (non-hydrogen) atoms. The largest absolute Gasteiger partial charge is 0.465 e. The minimum Gasteiger partial charge on any atom is -0.465 e. The minimum atomic E-state index is -1.06. The van der Waals surface area contributed by atoms with Gasteiger partial charge < -0.3 is 21.1 Å². The Morgan fingerprint density at radius 2 is 2.26 bits per heavy atom. The van der Waals surface area contributed by atoms with Crippen LogP contribution in [0.4, 0.5) is 16.2 Å². The average molecular weight is 317 g/mol. The van der Waals surface area contributed by atoms with Gasteiger partial charge in [-0.05, 0) is 12.0 Å². The Labute approximate surface area is 133 Å². The Kier molecular flexibility index (Phi) is 4.00. The van der Waals surface area contributed by atoms with Gasteiger partial charge in [0.05, 0.1) is 35.9 Å². The summed E-state index contributed by atoms with van der Waals surface area (Å²) in [6.45, 7) is 3.29. The third-order valence-electron chi connectivity index (χ3n) is 4.14. The SMILES string of the molecule is C[C@H]1CN(c2ccncc2N)C[C@@H](NC(=O)O)[C@H]1n1ccnn1. The van der Waals surface area contributed by atoms with Crippen LogP contribution in [0, 0.1) is 5.92 Å². The van der Waals surface area contributed by atoms with Crippen molar-refractivity contribution in [2.45, 2.75) is 19.0 Å². The molecule has 3 rings (SSSR count). The van der Waals surface area contributed by atoms with E-state index in [0.717, 1.165) is 12.2 Å². The molecule has 0 bridgehead atoms. The topological polar surface area (TPSA) is 122 Å². The highest BCUT2D eigenvalue weighted by atomic mass is 16.4. The molecule has 2 aromatic rings. The highest BCUT2D eigenvalue weighted by molar-refractivity contribution is 5.67. The van der Waals surface area contributed by atoms with E-state index >= 15 is 0 Å². The molecule has 4 N–H and O–H groups in total. The lowest BCUT2D eigenvalue weighted by molar-refractivity contribution is 0.167. The van der Waals surface area contributed by atoms with Crippen LogP contribution in [-0.4, -0.2) is 50.3 Å². The lowest BCUT2D eigenvalue weighted by Crippen LogP contribution is -2.56. The van der Waals surface area contributed by atoms with Crippen molar-refractivity contribution in [1.82, 2.24) is 25.3 Å². The summed E-state index contributed by atoms with van der Waals surface area (Å²) in [5.41, 5.74) is 7.44. The minimum absolute atomic E-state index is 0.104. The molecule has 122 valence electrons. The Hall–Kier alpha value is -2.84. The Balaban J connectivity index is 1.89. The second kappa shape index (κ2) is 6.11. The number of pyridine rings is 1. The van der Waals surface area contributed by atoms with Crippen LogP contribution in [0.25, 0.3) is 0 Å². The average Bonchev–Trinajstić information content (AvgIpc) is 3.00. The predicted octanol–water partition coefficient (Wildman–Crippen LogP) is 0.589. The van der Waals surface area contributed by atoms with Crippen molar-refractivity contribution in [3.05, 3.63) is 30.9 Å². The van der Waals surface area contributed by atoms with Gasteiger partial charge >= 0.3 is 6.09 Å². The van der Waals surface area contributed by atoms with E-state index in [1.807, 2.05) is 6.07 Å². The maximum atomic E-state index is 11.2. The summed E-state index contributed by atoms with van der Waals surface area (Å²) in [5, 5.41) is 19.6. The summed E-state index contributed by atoms with van der Waals surface area (Å²) in [5.74, 6) is 0.148. The first kappa shape index (κ1) is 15.1. The van der Waals surface area contributed by atoms with E-state index in [2.05, 4.69) is 32.4 Å². The zero-order valence-electron chi connectivity index (χ0n) is 12.7. The van der Waals surface area contributed by atoms with E-state index in [0.29, 0.717) is 12.2 Å². The molecule has 1 saturated heterocycles. The zero-order chi connectivity index (χ0) is 16.4. The molecule has 9 heteroatoms. The maximum absolute atomic E-state index is 11.2. The van der Waals surface area contributed by atoms with E-state index in [1.165, 1.54) is 0 Å². The first-order valence-electron chi connectivity index (χ1n) is 7.36. The van der Waals surface area contributed by atoms with E-state index in [4.69, 9.17) is 10.8 Å². The fourth-order valence-electron chi connectivity index (χ4n) is 3.27. The quantitative estimate of drug-likeness (QED) is 0.757. The van der Waals surface area contributed by atoms with Crippen LogP contribution < -0.4 is 16.0 Å². The number of rotatable bonds is 3. The molecule has 0 saturated carbocycles. The highest BCUT2D eigenvalue weighted by Gasteiger charge is 2.37. The number of aromatic nitrogens is 4. The van der Waals surface area contributed by atoms with Crippen molar-refractivity contribution in [2.75, 3.05) is 23.7 Å². The number of carboxylic acid groups (broad SMARTS) is 1. The van der Waals surface area contributed by atoms with Crippen LogP contribution in [0.1, 0.15) is 13.0 Å². The molecule has 2 aromatic heterocycles. The number of hydrogen-bond donors (Lipinski definition) is 3. The van der Waals surface area contributed by atoms with Gasteiger partial charge in [0, 0.05) is 25.5 Å². The number of anilines is 2. The second-order valence-corrected chi connectivity index (χ2v) is 5.75. The van der Waals surface area contributed by atoms with Crippen molar-refractivity contribution in [3.63, 3.8) is 0 Å². The first-order chi connectivity index (χ1) is 11.1. The van der Waals surface area contributed by atoms with E-state index < -0.39 is 6.09 Å². The third-order valence-corrected chi connectivity index (χ3v) is 4.14. The zero-order valence-corrected chi connectivity index (χ0v) is 12.7. The summed E-state index contributed by atoms with van der Waals surface area (Å²) in [6, 6.07) is 1.41. The molecular weight excluding hydrogens is 298 g/mol. The number of piperidine rings is 1. The van der Waals surface area contributed by atoms with Crippen LogP contribution in [0.2, 0.25) is 0 Å². The molecule has 0 unspecified atom stereocenters. The van der Waals surface area contributed by atoms with E-state index in [-0.39, 0.29) is 18.0 Å². The molecule has 1 aliphatic rings. The predicted molar refractivity (Wildman–Crippen MR) is 84.0 cm³/mol. The number of nitrogens with one attached hydrogen (secondary N) is 1. The Morgan fingerprint density at radius 3 is 2.91 bits per heavy atom. The van der Waals surface area contributed by atoms with Crippen molar-refractivity contribution in [1.29, 1.82) is 0 Å². The summed E-state index contributed by atoms with van der Waals surface area (Å²) >= 11 is 0. The fourth-order valence-corrected chi connectivity index (χ4v) is 3.27. The summed E-state index contributed by atoms with van der Waals surface area (Å²) in [4.78, 5) is 17.3. The van der Waals surface area contributed by atoms with Gasteiger partial charge in [0.1, 0.15) is 0 Å². The van der Waals surface area contributed by atoms with Crippen molar-refractivity contribution in [2.24, 2.45) is 5.92 Å². The Bertz CT molecular complexity index is 676. The molecule has 1 fully saturated rings. The molecule has 3 heterocycles. The van der Waals surface area contributed by atoms with Gasteiger partial charge in [0.2, 0.25) is 0 Å². The second-order valence-electron chi connectivity index (χ2n) is 5.75. The van der Waals surface area contributed by atoms with Crippen LogP contribution in [0.5, 0.6) is 0 Å². The van der Waals surface area contributed by atoms with Gasteiger partial charge in [-0.3, -0.25) is 4.98 Å². The molecule has 3 atom stereocenters. The van der Waals surface area contributed by atoms with Crippen LogP contribution in [0.3, 0.4) is 0 Å². The van der Waals surface area contributed by atoms with E-state index in [9.17, 15) is 4.79 Å². The van der Waals surface area contributed by atoms with Crippen molar-refractivity contribution in [3.8, 4) is 0 Å². The summed E-state index contributed by atoms with van der Waals surface area (Å²) in [6.07, 6.45) is 5.58. The molecule has 0 aromatic carbocycles. The smallest absolute Gasteiger partial charge is 0.405 e. The highest BCUT2D eigenvalue weighted by Crippen LogP contribution is 2.32. The lowest BCUT2D eigenvalue weighted by Gasteiger charge is -2.43. The van der Waals surface area contributed by atoms with Gasteiger partial charge in [-0.1, -0.05) is 12.1 Å². The first-order valence-corrected chi connectivity index (χ1v) is 7.36. The number of nitrogens with zero attached hydrogens (tertiary/aromatic N) is 5. The fraction of sp³-hybridized carbons (Fsp3) is 0.429. The van der Waals surface area contributed by atoms with Crippen LogP contribution >= 0.6 is 0 Å².